The van der Waals surface area contributed by atoms with E-state index >= 15 is 0 Å². The van der Waals surface area contributed by atoms with E-state index in [0.29, 0.717) is 10.6 Å². The Kier molecular flexibility index (Phi) is 3.86. The topological polar surface area (TPSA) is 55.0 Å². The largest absolute Gasteiger partial charge is 0.375 e. The molecule has 1 aromatic carbocycles. The Labute approximate surface area is 126 Å². The van der Waals surface area contributed by atoms with Crippen molar-refractivity contribution in [3.05, 3.63) is 52.1 Å². The van der Waals surface area contributed by atoms with Crippen molar-refractivity contribution in [1.82, 2.24) is 9.97 Å². The third-order valence-corrected chi connectivity index (χ3v) is 4.39. The summed E-state index contributed by atoms with van der Waals surface area (Å²) < 4.78 is 5.37. The fourth-order valence-electron chi connectivity index (χ4n) is 2.41. The zero-order valence-electron chi connectivity index (χ0n) is 11.9. The van der Waals surface area contributed by atoms with Gasteiger partial charge < -0.3 is 9.72 Å². The lowest BCUT2D eigenvalue weighted by Crippen LogP contribution is -2.03. The van der Waals surface area contributed by atoms with E-state index in [1.54, 1.807) is 13.3 Å². The van der Waals surface area contributed by atoms with Crippen LogP contribution in [0.3, 0.4) is 0 Å². The average molecular weight is 300 g/mol. The molecule has 0 aliphatic heterocycles. The van der Waals surface area contributed by atoms with Crippen molar-refractivity contribution in [2.75, 3.05) is 7.11 Å². The Morgan fingerprint density at radius 3 is 3.00 bits per heavy atom. The van der Waals surface area contributed by atoms with Crippen LogP contribution in [0.25, 0.3) is 10.9 Å². The maximum atomic E-state index is 12.6. The Bertz CT molecular complexity index is 771. The van der Waals surface area contributed by atoms with E-state index in [1.807, 2.05) is 36.6 Å². The van der Waals surface area contributed by atoms with Gasteiger partial charge in [0.05, 0.1) is 17.4 Å². The third kappa shape index (κ3) is 2.50. The van der Waals surface area contributed by atoms with E-state index < -0.39 is 0 Å². The van der Waals surface area contributed by atoms with Crippen molar-refractivity contribution in [3.8, 4) is 0 Å². The molecule has 2 aromatic heterocycles. The molecule has 0 spiro atoms. The van der Waals surface area contributed by atoms with Crippen molar-refractivity contribution in [2.45, 2.75) is 19.4 Å². The summed E-state index contributed by atoms with van der Waals surface area (Å²) in [5, 5.41) is 3.34. The molecule has 2 heterocycles. The van der Waals surface area contributed by atoms with Gasteiger partial charge in [-0.25, -0.2) is 4.98 Å². The number of ketones is 1. The molecule has 1 unspecified atom stereocenters. The first-order valence-corrected chi connectivity index (χ1v) is 7.71. The van der Waals surface area contributed by atoms with Gasteiger partial charge in [-0.1, -0.05) is 25.1 Å². The van der Waals surface area contributed by atoms with Crippen molar-refractivity contribution in [2.24, 2.45) is 0 Å². The highest BCUT2D eigenvalue weighted by Gasteiger charge is 2.19. The zero-order chi connectivity index (χ0) is 14.8. The van der Waals surface area contributed by atoms with Gasteiger partial charge in [0.2, 0.25) is 5.78 Å². The summed E-state index contributed by atoms with van der Waals surface area (Å²) in [6.45, 7) is 2.04. The highest BCUT2D eigenvalue weighted by molar-refractivity contribution is 7.12. The van der Waals surface area contributed by atoms with E-state index in [-0.39, 0.29) is 11.9 Å². The minimum atomic E-state index is -0.0502. The molecular weight excluding hydrogens is 284 g/mol. The van der Waals surface area contributed by atoms with Gasteiger partial charge in [0.25, 0.3) is 0 Å². The van der Waals surface area contributed by atoms with Crippen LogP contribution in [0.1, 0.15) is 40.5 Å². The van der Waals surface area contributed by atoms with Crippen molar-refractivity contribution in [3.63, 3.8) is 0 Å². The van der Waals surface area contributed by atoms with E-state index in [0.717, 1.165) is 23.0 Å². The number of para-hydroxylation sites is 1. The molecule has 0 saturated carbocycles. The molecule has 0 amide bonds. The lowest BCUT2D eigenvalue weighted by Gasteiger charge is -2.08. The summed E-state index contributed by atoms with van der Waals surface area (Å²) in [6, 6.07) is 7.77. The Balaban J connectivity index is 1.95. The maximum Gasteiger partial charge on any atom is 0.223 e. The van der Waals surface area contributed by atoms with Gasteiger partial charge in [-0.2, -0.15) is 0 Å². The van der Waals surface area contributed by atoms with Crippen LogP contribution >= 0.6 is 11.3 Å². The van der Waals surface area contributed by atoms with Crippen LogP contribution in [0.4, 0.5) is 0 Å². The number of ether oxygens (including phenoxy) is 1. The zero-order valence-corrected chi connectivity index (χ0v) is 12.7. The fraction of sp³-hybridized carbons (Fsp3) is 0.250. The van der Waals surface area contributed by atoms with Crippen LogP contribution in [0.2, 0.25) is 0 Å². The van der Waals surface area contributed by atoms with Crippen LogP contribution in [-0.2, 0) is 4.74 Å². The quantitative estimate of drug-likeness (QED) is 0.726. The van der Waals surface area contributed by atoms with Gasteiger partial charge in [-0.15, -0.1) is 11.3 Å². The highest BCUT2D eigenvalue weighted by Crippen LogP contribution is 2.26. The summed E-state index contributed by atoms with van der Waals surface area (Å²) >= 11 is 1.37. The predicted octanol–water partition coefficient (Wildman–Crippen LogP) is 3.95. The van der Waals surface area contributed by atoms with Crippen molar-refractivity contribution >= 4 is 28.0 Å². The minimum absolute atomic E-state index is 0.0466. The SMILES string of the molecule is CCC(OC)c1csc(C(=O)c2c[nH]c3ccccc23)n1. The average Bonchev–Trinajstić information content (AvgIpc) is 3.15. The Morgan fingerprint density at radius 1 is 1.43 bits per heavy atom. The number of carbonyl (C=O) groups excluding carboxylic acids is 1. The van der Waals surface area contributed by atoms with Gasteiger partial charge >= 0.3 is 0 Å². The van der Waals surface area contributed by atoms with Crippen LogP contribution in [-0.4, -0.2) is 22.9 Å². The number of nitrogens with zero attached hydrogens (tertiary/aromatic N) is 1. The molecule has 3 rings (SSSR count). The van der Waals surface area contributed by atoms with Crippen molar-refractivity contribution in [1.29, 1.82) is 0 Å². The lowest BCUT2D eigenvalue weighted by atomic mass is 10.1. The number of H-pyrrole nitrogens is 1. The summed E-state index contributed by atoms with van der Waals surface area (Å²) in [4.78, 5) is 20.2. The Morgan fingerprint density at radius 2 is 2.24 bits per heavy atom. The summed E-state index contributed by atoms with van der Waals surface area (Å²) in [7, 11) is 1.66. The molecule has 1 N–H and O–H groups in total. The Hall–Kier alpha value is -1.98. The highest BCUT2D eigenvalue weighted by atomic mass is 32.1. The van der Waals surface area contributed by atoms with Crippen LogP contribution in [0.5, 0.6) is 0 Å². The van der Waals surface area contributed by atoms with Gasteiger partial charge in [-0.05, 0) is 12.5 Å². The summed E-state index contributed by atoms with van der Waals surface area (Å²) in [5.74, 6) is -0.0466. The normalized spacial score (nSPS) is 12.7. The van der Waals surface area contributed by atoms with E-state index in [1.165, 1.54) is 11.3 Å². The minimum Gasteiger partial charge on any atom is -0.375 e. The molecule has 21 heavy (non-hydrogen) atoms. The number of benzene rings is 1. The molecule has 0 fully saturated rings. The monoisotopic (exact) mass is 300 g/mol. The van der Waals surface area contributed by atoms with E-state index in [4.69, 9.17) is 4.74 Å². The second-order valence-electron chi connectivity index (χ2n) is 4.79. The smallest absolute Gasteiger partial charge is 0.223 e. The van der Waals surface area contributed by atoms with Gasteiger partial charge in [0.15, 0.2) is 5.01 Å². The maximum absolute atomic E-state index is 12.6. The number of nitrogens with one attached hydrogen (secondary N) is 1. The molecule has 0 aliphatic rings. The molecule has 0 aliphatic carbocycles. The molecule has 1 atom stereocenters. The molecule has 0 radical (unpaired) electrons. The van der Waals surface area contributed by atoms with Crippen LogP contribution < -0.4 is 0 Å². The van der Waals surface area contributed by atoms with E-state index in [9.17, 15) is 4.79 Å². The summed E-state index contributed by atoms with van der Waals surface area (Å²) in [6.07, 6.45) is 2.54. The van der Waals surface area contributed by atoms with Crippen LogP contribution in [0.15, 0.2) is 35.8 Å². The number of methoxy groups -OCH3 is 1. The number of thiazole rings is 1. The number of hydrogen-bond acceptors (Lipinski definition) is 4. The number of rotatable bonds is 5. The first-order chi connectivity index (χ1) is 10.2. The molecule has 0 bridgehead atoms. The van der Waals surface area contributed by atoms with Gasteiger partial charge in [0.1, 0.15) is 0 Å². The second-order valence-corrected chi connectivity index (χ2v) is 5.65. The first kappa shape index (κ1) is 14.0. The van der Waals surface area contributed by atoms with Gasteiger partial charge in [0, 0.05) is 29.6 Å². The van der Waals surface area contributed by atoms with E-state index in [2.05, 4.69) is 9.97 Å². The predicted molar refractivity (Wildman–Crippen MR) is 83.9 cm³/mol. The fourth-order valence-corrected chi connectivity index (χ4v) is 3.22. The molecule has 0 saturated heterocycles. The number of aromatic amines is 1. The number of aromatic nitrogens is 2. The molecule has 108 valence electrons. The van der Waals surface area contributed by atoms with Crippen LogP contribution in [0, 0.1) is 0 Å². The third-order valence-electron chi connectivity index (χ3n) is 3.54. The summed E-state index contributed by atoms with van der Waals surface area (Å²) in [5.41, 5.74) is 2.45. The van der Waals surface area contributed by atoms with Crippen molar-refractivity contribution < 1.29 is 9.53 Å². The molecule has 4 nitrogen and oxygen atoms in total. The number of fused-ring (bicyclic) bond motifs is 1. The van der Waals surface area contributed by atoms with Gasteiger partial charge in [-0.3, -0.25) is 4.79 Å². The number of hydrogen-bond donors (Lipinski definition) is 1. The molecule has 3 aromatic rings. The molecular formula is C16H16N2O2S. The lowest BCUT2D eigenvalue weighted by molar-refractivity contribution is 0.0962. The first-order valence-electron chi connectivity index (χ1n) is 6.83. The number of carbonyl (C=O) groups is 1. The molecule has 5 heteroatoms. The second kappa shape index (κ2) is 5.79. The standard InChI is InChI=1S/C16H16N2O2S/c1-3-14(20-2)13-9-21-16(18-13)15(19)11-8-17-12-7-5-4-6-10(11)12/h4-9,14,17H,3H2,1-2H3.